The average molecular weight is 234 g/mol. The molecule has 6 heteroatoms. The predicted molar refractivity (Wildman–Crippen MR) is 58.3 cm³/mol. The smallest absolute Gasteiger partial charge is 0.337 e. The summed E-state index contributed by atoms with van der Waals surface area (Å²) in [6.07, 6.45) is -0.307. The zero-order valence-corrected chi connectivity index (χ0v) is 9.06. The number of benzene rings is 1. The van der Waals surface area contributed by atoms with Crippen molar-refractivity contribution in [3.05, 3.63) is 23.8 Å². The van der Waals surface area contributed by atoms with E-state index in [1.807, 2.05) is 0 Å². The molecule has 0 radical (unpaired) electrons. The van der Waals surface area contributed by atoms with Crippen molar-refractivity contribution < 1.29 is 19.4 Å². The highest BCUT2D eigenvalue weighted by Crippen LogP contribution is 2.24. The van der Waals surface area contributed by atoms with Crippen molar-refractivity contribution in [2.45, 2.75) is 6.42 Å². The molecule has 0 saturated carbocycles. The summed E-state index contributed by atoms with van der Waals surface area (Å²) in [6.45, 7) is 0. The first-order chi connectivity index (χ1) is 8.08. The fourth-order valence-corrected chi connectivity index (χ4v) is 1.15. The van der Waals surface area contributed by atoms with Gasteiger partial charge in [0.25, 0.3) is 0 Å². The summed E-state index contributed by atoms with van der Waals surface area (Å²) >= 11 is 0. The van der Waals surface area contributed by atoms with Gasteiger partial charge in [0.2, 0.25) is 5.91 Å². The van der Waals surface area contributed by atoms with Crippen molar-refractivity contribution >= 4 is 17.6 Å². The highest BCUT2D eigenvalue weighted by Gasteiger charge is 2.10. The lowest BCUT2D eigenvalue weighted by atomic mass is 10.2. The first kappa shape index (κ1) is 12.5. The molecular formula is C11H10N2O4. The molecule has 0 atom stereocenters. The number of hydrogen-bond donors (Lipinski definition) is 2. The molecular weight excluding hydrogens is 224 g/mol. The zero-order chi connectivity index (χ0) is 12.8. The Kier molecular flexibility index (Phi) is 4.06. The maximum absolute atomic E-state index is 11.1. The first-order valence-electron chi connectivity index (χ1n) is 4.66. The number of rotatable bonds is 3. The van der Waals surface area contributed by atoms with Crippen molar-refractivity contribution in [1.29, 1.82) is 5.26 Å². The van der Waals surface area contributed by atoms with E-state index in [1.165, 1.54) is 25.3 Å². The third kappa shape index (κ3) is 3.21. The van der Waals surface area contributed by atoms with Gasteiger partial charge in [-0.15, -0.1) is 0 Å². The molecule has 6 nitrogen and oxygen atoms in total. The summed E-state index contributed by atoms with van der Waals surface area (Å²) in [7, 11) is 1.22. The van der Waals surface area contributed by atoms with Crippen LogP contribution in [0.25, 0.3) is 0 Å². The monoisotopic (exact) mass is 234 g/mol. The van der Waals surface area contributed by atoms with Gasteiger partial charge < -0.3 is 15.2 Å². The third-order valence-corrected chi connectivity index (χ3v) is 1.93. The normalized spacial score (nSPS) is 9.18. The van der Waals surface area contributed by atoms with Crippen LogP contribution in [0.3, 0.4) is 0 Å². The zero-order valence-electron chi connectivity index (χ0n) is 9.06. The second kappa shape index (κ2) is 5.51. The van der Waals surface area contributed by atoms with Crippen molar-refractivity contribution in [2.75, 3.05) is 12.4 Å². The largest absolute Gasteiger partial charge is 0.506 e. The summed E-state index contributed by atoms with van der Waals surface area (Å²) in [5, 5.41) is 20.2. The molecule has 1 aromatic rings. The van der Waals surface area contributed by atoms with Crippen molar-refractivity contribution in [3.8, 4) is 11.8 Å². The molecule has 0 fully saturated rings. The molecule has 0 unspecified atom stereocenters. The van der Waals surface area contributed by atoms with Crippen molar-refractivity contribution in [3.63, 3.8) is 0 Å². The molecule has 17 heavy (non-hydrogen) atoms. The standard InChI is InChI=1S/C11H10N2O4/c1-17-11(16)7-2-3-8(9(14)6-7)13-10(15)4-5-12/h2-3,6,14H,4H2,1H3,(H,13,15). The Hall–Kier alpha value is -2.55. The summed E-state index contributed by atoms with van der Waals surface area (Å²) in [5.74, 6) is -1.39. The number of nitriles is 1. The van der Waals surface area contributed by atoms with E-state index >= 15 is 0 Å². The molecule has 0 saturated heterocycles. The number of carbonyl (C=O) groups excluding carboxylic acids is 2. The number of nitrogens with one attached hydrogen (secondary N) is 1. The number of hydrogen-bond acceptors (Lipinski definition) is 5. The molecule has 1 amide bonds. The minimum absolute atomic E-state index is 0.137. The van der Waals surface area contributed by atoms with Crippen LogP contribution in [0.1, 0.15) is 16.8 Å². The Balaban J connectivity index is 2.87. The topological polar surface area (TPSA) is 99.4 Å². The van der Waals surface area contributed by atoms with E-state index in [-0.39, 0.29) is 23.4 Å². The van der Waals surface area contributed by atoms with Crippen molar-refractivity contribution in [2.24, 2.45) is 0 Å². The van der Waals surface area contributed by atoms with E-state index < -0.39 is 11.9 Å². The van der Waals surface area contributed by atoms with Gasteiger partial charge in [-0.3, -0.25) is 4.79 Å². The van der Waals surface area contributed by atoms with Crippen LogP contribution in [0.2, 0.25) is 0 Å². The highest BCUT2D eigenvalue weighted by molar-refractivity contribution is 5.95. The van der Waals surface area contributed by atoms with Gasteiger partial charge in [-0.05, 0) is 18.2 Å². The Morgan fingerprint density at radius 1 is 1.53 bits per heavy atom. The first-order valence-corrected chi connectivity index (χ1v) is 4.66. The van der Waals surface area contributed by atoms with E-state index in [0.29, 0.717) is 0 Å². The maximum atomic E-state index is 11.1. The van der Waals surface area contributed by atoms with Gasteiger partial charge in [0.1, 0.15) is 12.2 Å². The third-order valence-electron chi connectivity index (χ3n) is 1.93. The SMILES string of the molecule is COC(=O)c1ccc(NC(=O)CC#N)c(O)c1. The molecule has 0 heterocycles. The van der Waals surface area contributed by atoms with E-state index in [1.54, 1.807) is 6.07 Å². The molecule has 1 aromatic carbocycles. The molecule has 0 aliphatic heterocycles. The summed E-state index contributed by atoms with van der Waals surface area (Å²) in [5.41, 5.74) is 0.307. The van der Waals surface area contributed by atoms with Crippen LogP contribution >= 0.6 is 0 Å². The lowest BCUT2D eigenvalue weighted by Gasteiger charge is -2.06. The fraction of sp³-hybridized carbons (Fsp3) is 0.182. The molecule has 0 aliphatic rings. The van der Waals surface area contributed by atoms with Crippen LogP contribution in [0.15, 0.2) is 18.2 Å². The number of anilines is 1. The molecule has 0 aromatic heterocycles. The molecule has 0 spiro atoms. The van der Waals surface area contributed by atoms with Gasteiger partial charge in [0.05, 0.1) is 24.4 Å². The van der Waals surface area contributed by atoms with Gasteiger partial charge in [-0.2, -0.15) is 5.26 Å². The van der Waals surface area contributed by atoms with E-state index in [2.05, 4.69) is 10.1 Å². The fourth-order valence-electron chi connectivity index (χ4n) is 1.15. The van der Waals surface area contributed by atoms with Gasteiger partial charge in [-0.25, -0.2) is 4.79 Å². The number of ether oxygens (including phenoxy) is 1. The Morgan fingerprint density at radius 3 is 2.76 bits per heavy atom. The number of methoxy groups -OCH3 is 1. The Labute approximate surface area is 97.4 Å². The highest BCUT2D eigenvalue weighted by atomic mass is 16.5. The minimum Gasteiger partial charge on any atom is -0.506 e. The second-order valence-electron chi connectivity index (χ2n) is 3.11. The maximum Gasteiger partial charge on any atom is 0.337 e. The molecule has 88 valence electrons. The summed E-state index contributed by atoms with van der Waals surface area (Å²) < 4.78 is 4.47. The summed E-state index contributed by atoms with van der Waals surface area (Å²) in [6, 6.07) is 5.61. The van der Waals surface area contributed by atoms with Crippen LogP contribution in [-0.4, -0.2) is 24.1 Å². The van der Waals surface area contributed by atoms with E-state index in [0.717, 1.165) is 0 Å². The number of phenols is 1. The van der Waals surface area contributed by atoms with Crippen LogP contribution in [0.5, 0.6) is 5.75 Å². The molecule has 0 bridgehead atoms. The van der Waals surface area contributed by atoms with Crippen LogP contribution in [0.4, 0.5) is 5.69 Å². The van der Waals surface area contributed by atoms with Crippen LogP contribution < -0.4 is 5.32 Å². The van der Waals surface area contributed by atoms with Crippen LogP contribution in [0, 0.1) is 11.3 Å². The summed E-state index contributed by atoms with van der Waals surface area (Å²) in [4.78, 5) is 22.2. The number of aromatic hydroxyl groups is 1. The predicted octanol–water partition coefficient (Wildman–Crippen LogP) is 1.03. The molecule has 0 aliphatic carbocycles. The minimum atomic E-state index is -0.588. The van der Waals surface area contributed by atoms with E-state index in [9.17, 15) is 14.7 Å². The second-order valence-corrected chi connectivity index (χ2v) is 3.11. The van der Waals surface area contributed by atoms with Gasteiger partial charge >= 0.3 is 5.97 Å². The Morgan fingerprint density at radius 2 is 2.24 bits per heavy atom. The average Bonchev–Trinajstić information content (AvgIpc) is 2.31. The number of amides is 1. The number of phenolic OH excluding ortho intramolecular Hbond substituents is 1. The molecule has 2 N–H and O–H groups in total. The Bertz CT molecular complexity index is 491. The van der Waals surface area contributed by atoms with Gasteiger partial charge in [0, 0.05) is 0 Å². The van der Waals surface area contributed by atoms with Crippen molar-refractivity contribution in [1.82, 2.24) is 0 Å². The molecule has 1 rings (SSSR count). The number of nitrogens with zero attached hydrogens (tertiary/aromatic N) is 1. The quantitative estimate of drug-likeness (QED) is 0.601. The van der Waals surface area contributed by atoms with E-state index in [4.69, 9.17) is 5.26 Å². The number of carbonyl (C=O) groups is 2. The lowest BCUT2D eigenvalue weighted by molar-refractivity contribution is -0.115. The van der Waals surface area contributed by atoms with Gasteiger partial charge in [0.15, 0.2) is 0 Å². The van der Waals surface area contributed by atoms with Gasteiger partial charge in [-0.1, -0.05) is 0 Å². The number of esters is 1. The lowest BCUT2D eigenvalue weighted by Crippen LogP contribution is -2.10. The van der Waals surface area contributed by atoms with Crippen LogP contribution in [-0.2, 0) is 9.53 Å².